The van der Waals surface area contributed by atoms with Crippen molar-refractivity contribution in [2.24, 2.45) is 56.2 Å². The second-order valence-corrected chi connectivity index (χ2v) is 15.4. The number of hydrogen-bond acceptors (Lipinski definition) is 1. The monoisotopic (exact) mass is 428 g/mol. The van der Waals surface area contributed by atoms with Crippen LogP contribution in [0.2, 0.25) is 0 Å². The minimum atomic E-state index is -0.110. The summed E-state index contributed by atoms with van der Waals surface area (Å²) in [5.41, 5.74) is 2.51. The normalized spacial score (nSPS) is 57.8. The fraction of sp³-hybridized carbons (Fsp3) is 1.00. The fourth-order valence-corrected chi connectivity index (χ4v) is 12.2. The van der Waals surface area contributed by atoms with Crippen molar-refractivity contribution in [3.8, 4) is 0 Å². The smallest absolute Gasteiger partial charge is 0.0594 e. The van der Waals surface area contributed by atoms with E-state index in [2.05, 4.69) is 55.4 Å². The zero-order valence-electron chi connectivity index (χ0n) is 22.1. The molecule has 178 valence electrons. The van der Waals surface area contributed by atoms with Crippen LogP contribution in [0.15, 0.2) is 0 Å². The van der Waals surface area contributed by atoms with Crippen LogP contribution in [0, 0.1) is 56.2 Å². The van der Waals surface area contributed by atoms with Crippen molar-refractivity contribution in [3.05, 3.63) is 0 Å². The summed E-state index contributed by atoms with van der Waals surface area (Å²) in [5, 5.41) is 10.9. The minimum Gasteiger partial charge on any atom is -0.393 e. The van der Waals surface area contributed by atoms with Gasteiger partial charge in [0.15, 0.2) is 0 Å². The topological polar surface area (TPSA) is 20.2 Å². The molecule has 0 aromatic carbocycles. The molecule has 1 N–H and O–H groups in total. The van der Waals surface area contributed by atoms with E-state index in [0.29, 0.717) is 33.0 Å². The van der Waals surface area contributed by atoms with Gasteiger partial charge in [0, 0.05) is 0 Å². The minimum absolute atomic E-state index is 0.0725. The molecule has 0 radical (unpaired) electrons. The second kappa shape index (κ2) is 6.55. The van der Waals surface area contributed by atoms with Crippen LogP contribution in [-0.2, 0) is 0 Å². The lowest BCUT2D eigenvalue weighted by Gasteiger charge is -2.74. The van der Waals surface area contributed by atoms with E-state index in [4.69, 9.17) is 0 Å². The molecule has 0 aromatic heterocycles. The summed E-state index contributed by atoms with van der Waals surface area (Å²) in [4.78, 5) is 0. The maximum absolute atomic E-state index is 10.9. The Bertz CT molecular complexity index is 737. The summed E-state index contributed by atoms with van der Waals surface area (Å²) < 4.78 is 0. The molecule has 9 atom stereocenters. The molecule has 0 heterocycles. The molecule has 5 rings (SSSR count). The maximum Gasteiger partial charge on any atom is 0.0594 e. The lowest BCUT2D eigenvalue weighted by molar-refractivity contribution is -0.263. The molecule has 0 aromatic rings. The van der Waals surface area contributed by atoms with Crippen molar-refractivity contribution in [1.82, 2.24) is 0 Å². The van der Waals surface area contributed by atoms with Crippen molar-refractivity contribution >= 4 is 0 Å². The van der Waals surface area contributed by atoms with Gasteiger partial charge in [-0.3, -0.25) is 0 Å². The second-order valence-electron chi connectivity index (χ2n) is 15.4. The van der Waals surface area contributed by atoms with Crippen LogP contribution in [0.3, 0.4) is 0 Å². The Labute approximate surface area is 193 Å². The molecular formula is C30H52O. The highest BCUT2D eigenvalue weighted by molar-refractivity contribution is 5.19. The van der Waals surface area contributed by atoms with Crippen molar-refractivity contribution in [3.63, 3.8) is 0 Å². The third kappa shape index (κ3) is 2.65. The SMILES string of the molecule is CC1(C)CCC[C@@]2(C)[C@@H]1CC[C@]1(C)[C@H]2CC[C@H]2[C@@]3(C)CC[C@H](O)C(C)(C)[C@@H]3CC[C@]21C. The molecular weight excluding hydrogens is 376 g/mol. The Morgan fingerprint density at radius 2 is 1.03 bits per heavy atom. The standard InChI is InChI=1S/C30H52O/c1-25(2)15-9-16-27(5)20(25)12-18-29(7)22(27)10-11-23-28(6)17-14-24(31)26(3,4)21(28)13-19-30(23,29)8/h20-24,31H,9-19H2,1-8H3/t20-,21+,22+,23+,24+,27+,28+,29-,30-/m1/s1. The molecule has 5 aliphatic carbocycles. The number of fused-ring (bicyclic) bond motifs is 7. The van der Waals surface area contributed by atoms with Crippen LogP contribution in [0.4, 0.5) is 0 Å². The lowest BCUT2D eigenvalue weighted by atomic mass is 9.30. The predicted molar refractivity (Wildman–Crippen MR) is 131 cm³/mol. The molecule has 5 aliphatic rings. The zero-order valence-corrected chi connectivity index (χ0v) is 22.1. The van der Waals surface area contributed by atoms with Crippen molar-refractivity contribution < 1.29 is 5.11 Å². The molecule has 1 nitrogen and oxygen atoms in total. The summed E-state index contributed by atoms with van der Waals surface area (Å²) in [6, 6.07) is 0. The average Bonchev–Trinajstić information content (AvgIpc) is 2.65. The Balaban J connectivity index is 1.54. The Hall–Kier alpha value is -0.0400. The molecule has 0 bridgehead atoms. The molecule has 0 unspecified atom stereocenters. The van der Waals surface area contributed by atoms with Gasteiger partial charge < -0.3 is 5.11 Å². The van der Waals surface area contributed by atoms with Crippen LogP contribution < -0.4 is 0 Å². The first-order chi connectivity index (χ1) is 14.2. The van der Waals surface area contributed by atoms with E-state index in [1.807, 2.05) is 0 Å². The fourth-order valence-electron chi connectivity index (χ4n) is 12.2. The first-order valence-electron chi connectivity index (χ1n) is 13.9. The van der Waals surface area contributed by atoms with E-state index in [1.165, 1.54) is 64.2 Å². The van der Waals surface area contributed by atoms with Gasteiger partial charge >= 0.3 is 0 Å². The van der Waals surface area contributed by atoms with Gasteiger partial charge in [-0.15, -0.1) is 0 Å². The Kier molecular flexibility index (Phi) is 4.80. The van der Waals surface area contributed by atoms with Gasteiger partial charge in [-0.2, -0.15) is 0 Å². The van der Waals surface area contributed by atoms with Crippen LogP contribution in [-0.4, -0.2) is 11.2 Å². The molecule has 0 spiro atoms. The first-order valence-corrected chi connectivity index (χ1v) is 13.9. The van der Waals surface area contributed by atoms with E-state index in [-0.39, 0.29) is 11.5 Å². The molecule has 0 saturated heterocycles. The van der Waals surface area contributed by atoms with Gasteiger partial charge in [0.1, 0.15) is 0 Å². The number of rotatable bonds is 0. The number of hydrogen-bond donors (Lipinski definition) is 1. The van der Waals surface area contributed by atoms with Crippen LogP contribution in [0.1, 0.15) is 126 Å². The lowest BCUT2D eigenvalue weighted by Crippen LogP contribution is -2.68. The van der Waals surface area contributed by atoms with Crippen LogP contribution in [0.5, 0.6) is 0 Å². The molecule has 5 saturated carbocycles. The zero-order chi connectivity index (χ0) is 22.7. The van der Waals surface area contributed by atoms with Gasteiger partial charge in [-0.25, -0.2) is 0 Å². The molecule has 5 fully saturated rings. The molecule has 1 heteroatoms. The summed E-state index contributed by atoms with van der Waals surface area (Å²) >= 11 is 0. The van der Waals surface area contributed by atoms with E-state index >= 15 is 0 Å². The summed E-state index contributed by atoms with van der Waals surface area (Å²) in [7, 11) is 0. The van der Waals surface area contributed by atoms with Crippen molar-refractivity contribution in [2.75, 3.05) is 0 Å². The van der Waals surface area contributed by atoms with Gasteiger partial charge in [-0.1, -0.05) is 61.8 Å². The summed E-state index contributed by atoms with van der Waals surface area (Å²) in [6.07, 6.45) is 15.1. The van der Waals surface area contributed by atoms with E-state index < -0.39 is 0 Å². The highest BCUT2D eigenvalue weighted by Gasteiger charge is 2.70. The van der Waals surface area contributed by atoms with E-state index in [0.717, 1.165) is 24.2 Å². The van der Waals surface area contributed by atoms with Gasteiger partial charge in [0.2, 0.25) is 0 Å². The van der Waals surface area contributed by atoms with Crippen LogP contribution >= 0.6 is 0 Å². The molecule has 0 aliphatic heterocycles. The summed E-state index contributed by atoms with van der Waals surface area (Å²) in [6.45, 7) is 20.9. The molecule has 31 heavy (non-hydrogen) atoms. The van der Waals surface area contributed by atoms with Gasteiger partial charge in [0.05, 0.1) is 6.10 Å². The predicted octanol–water partition coefficient (Wildman–Crippen LogP) is 8.25. The summed E-state index contributed by atoms with van der Waals surface area (Å²) in [5.74, 6) is 3.34. The maximum atomic E-state index is 10.9. The highest BCUT2D eigenvalue weighted by Crippen LogP contribution is 2.78. The van der Waals surface area contributed by atoms with E-state index in [1.54, 1.807) is 0 Å². The largest absolute Gasteiger partial charge is 0.393 e. The Morgan fingerprint density at radius 1 is 0.516 bits per heavy atom. The Morgan fingerprint density at radius 3 is 1.61 bits per heavy atom. The highest BCUT2D eigenvalue weighted by atomic mass is 16.3. The van der Waals surface area contributed by atoms with Gasteiger partial charge in [-0.05, 0) is 120 Å². The number of aliphatic hydroxyl groups excluding tert-OH is 1. The van der Waals surface area contributed by atoms with Crippen molar-refractivity contribution in [2.45, 2.75) is 132 Å². The average molecular weight is 429 g/mol. The van der Waals surface area contributed by atoms with Crippen molar-refractivity contribution in [1.29, 1.82) is 0 Å². The van der Waals surface area contributed by atoms with E-state index in [9.17, 15) is 5.11 Å². The quantitative estimate of drug-likeness (QED) is 0.412. The molecule has 0 amide bonds. The third-order valence-corrected chi connectivity index (χ3v) is 13.9. The van der Waals surface area contributed by atoms with Crippen LogP contribution in [0.25, 0.3) is 0 Å². The third-order valence-electron chi connectivity index (χ3n) is 13.9. The number of aliphatic hydroxyl groups is 1. The van der Waals surface area contributed by atoms with Gasteiger partial charge in [0.25, 0.3) is 0 Å². The first kappa shape index (κ1) is 22.7.